The van der Waals surface area contributed by atoms with E-state index in [-0.39, 0.29) is 11.8 Å². The summed E-state index contributed by atoms with van der Waals surface area (Å²) in [6.45, 7) is 0.687. The molecule has 1 N–H and O–H groups in total. The van der Waals surface area contributed by atoms with Crippen LogP contribution in [0, 0.1) is 5.82 Å². The van der Waals surface area contributed by atoms with Crippen molar-refractivity contribution in [3.63, 3.8) is 0 Å². The molecule has 1 aromatic carbocycles. The van der Waals surface area contributed by atoms with Gasteiger partial charge in [0.15, 0.2) is 0 Å². The van der Waals surface area contributed by atoms with Crippen molar-refractivity contribution in [2.45, 2.75) is 44.6 Å². The maximum absolute atomic E-state index is 13.8. The highest BCUT2D eigenvalue weighted by Gasteiger charge is 2.28. The third kappa shape index (κ3) is 2.44. The number of fused-ring (bicyclic) bond motifs is 1. The van der Waals surface area contributed by atoms with Crippen LogP contribution in [0.1, 0.15) is 37.7 Å². The normalized spacial score (nSPS) is 20.7. The van der Waals surface area contributed by atoms with Crippen LogP contribution in [0.4, 0.5) is 14.9 Å². The summed E-state index contributed by atoms with van der Waals surface area (Å²) in [6.07, 6.45) is 6.52. The van der Waals surface area contributed by atoms with Crippen molar-refractivity contribution in [2.75, 3.05) is 11.9 Å². The van der Waals surface area contributed by atoms with Crippen molar-refractivity contribution in [3.05, 3.63) is 29.6 Å². The van der Waals surface area contributed by atoms with Gasteiger partial charge in [0.1, 0.15) is 5.82 Å². The highest BCUT2D eigenvalue weighted by atomic mass is 19.1. The van der Waals surface area contributed by atoms with Crippen LogP contribution >= 0.6 is 0 Å². The number of carbonyl (C=O) groups excluding carboxylic acids is 1. The number of amides is 2. The summed E-state index contributed by atoms with van der Waals surface area (Å²) in [7, 11) is 0. The van der Waals surface area contributed by atoms with Gasteiger partial charge in [0, 0.05) is 12.6 Å². The number of carbonyl (C=O) groups is 1. The Bertz CT molecular complexity index is 483. The molecule has 0 aromatic heterocycles. The molecule has 3 nitrogen and oxygen atoms in total. The molecule has 1 aromatic rings. The molecule has 1 fully saturated rings. The second-order valence-electron chi connectivity index (χ2n) is 5.44. The Balaban J connectivity index is 1.82. The number of nitrogens with zero attached hydrogens (tertiary/aromatic N) is 1. The summed E-state index contributed by atoms with van der Waals surface area (Å²) in [5.41, 5.74) is 1.26. The molecule has 1 aliphatic carbocycles. The minimum Gasteiger partial charge on any atom is -0.321 e. The van der Waals surface area contributed by atoms with Crippen molar-refractivity contribution < 1.29 is 9.18 Å². The first kappa shape index (κ1) is 12.5. The fourth-order valence-electron chi connectivity index (χ4n) is 3.18. The Morgan fingerprint density at radius 3 is 2.79 bits per heavy atom. The lowest BCUT2D eigenvalue weighted by Crippen LogP contribution is -2.43. The quantitative estimate of drug-likeness (QED) is 0.824. The maximum atomic E-state index is 13.8. The van der Waals surface area contributed by atoms with Crippen LogP contribution in [0.5, 0.6) is 0 Å². The standard InChI is InChI=1S/C15H19FN2O/c16-13-8-4-5-11-9-10-18(15(19)17-14(11)13)12-6-2-1-3-7-12/h4-5,8,12H,1-3,6-7,9-10H2,(H,17,19). The largest absolute Gasteiger partial charge is 0.322 e. The van der Waals surface area contributed by atoms with Gasteiger partial charge in [0.2, 0.25) is 0 Å². The van der Waals surface area contributed by atoms with Gasteiger partial charge < -0.3 is 10.2 Å². The van der Waals surface area contributed by atoms with Gasteiger partial charge in [-0.2, -0.15) is 0 Å². The SMILES string of the molecule is O=C1Nc2c(F)cccc2CCN1C1CCCCC1. The molecule has 0 atom stereocenters. The molecule has 19 heavy (non-hydrogen) atoms. The molecule has 0 bridgehead atoms. The van der Waals surface area contributed by atoms with E-state index < -0.39 is 0 Å². The molecule has 1 aliphatic heterocycles. The van der Waals surface area contributed by atoms with Crippen LogP contribution in [0.2, 0.25) is 0 Å². The Labute approximate surface area is 112 Å². The summed E-state index contributed by atoms with van der Waals surface area (Å²) in [5, 5.41) is 2.75. The van der Waals surface area contributed by atoms with Crippen LogP contribution < -0.4 is 5.32 Å². The Morgan fingerprint density at radius 1 is 1.21 bits per heavy atom. The van der Waals surface area contributed by atoms with E-state index in [9.17, 15) is 9.18 Å². The maximum Gasteiger partial charge on any atom is 0.322 e. The predicted molar refractivity (Wildman–Crippen MR) is 72.7 cm³/mol. The van der Waals surface area contributed by atoms with Gasteiger partial charge in [-0.25, -0.2) is 9.18 Å². The topological polar surface area (TPSA) is 32.3 Å². The number of benzene rings is 1. The van der Waals surface area contributed by atoms with Crippen molar-refractivity contribution >= 4 is 11.7 Å². The van der Waals surface area contributed by atoms with Crippen LogP contribution in [0.15, 0.2) is 18.2 Å². The second-order valence-corrected chi connectivity index (χ2v) is 5.44. The van der Waals surface area contributed by atoms with Gasteiger partial charge in [-0.1, -0.05) is 31.4 Å². The lowest BCUT2D eigenvalue weighted by atomic mass is 9.94. The molecule has 0 unspecified atom stereocenters. The first-order chi connectivity index (χ1) is 9.25. The Morgan fingerprint density at radius 2 is 2.00 bits per heavy atom. The smallest absolute Gasteiger partial charge is 0.321 e. The molecular weight excluding hydrogens is 243 g/mol. The summed E-state index contributed by atoms with van der Waals surface area (Å²) in [5.74, 6) is -0.337. The number of para-hydroxylation sites is 1. The first-order valence-corrected chi connectivity index (χ1v) is 7.11. The first-order valence-electron chi connectivity index (χ1n) is 7.11. The zero-order chi connectivity index (χ0) is 13.2. The number of anilines is 1. The zero-order valence-corrected chi connectivity index (χ0v) is 11.0. The lowest BCUT2D eigenvalue weighted by Gasteiger charge is -2.33. The fourth-order valence-corrected chi connectivity index (χ4v) is 3.18. The van der Waals surface area contributed by atoms with Gasteiger partial charge in [0.25, 0.3) is 0 Å². The summed E-state index contributed by atoms with van der Waals surface area (Å²) in [6, 6.07) is 5.18. The molecule has 2 amide bonds. The van der Waals surface area contributed by atoms with Crippen LogP contribution in [0.3, 0.4) is 0 Å². The third-order valence-corrected chi connectivity index (χ3v) is 4.23. The van der Waals surface area contributed by atoms with Crippen molar-refractivity contribution in [3.8, 4) is 0 Å². The van der Waals surface area contributed by atoms with Gasteiger partial charge in [-0.3, -0.25) is 0 Å². The fraction of sp³-hybridized carbons (Fsp3) is 0.533. The Hall–Kier alpha value is -1.58. The van der Waals surface area contributed by atoms with E-state index in [1.165, 1.54) is 25.3 Å². The summed E-state index contributed by atoms with van der Waals surface area (Å²) >= 11 is 0. The van der Waals surface area contributed by atoms with E-state index in [1.54, 1.807) is 6.07 Å². The molecule has 2 aliphatic rings. The van der Waals surface area contributed by atoms with E-state index >= 15 is 0 Å². The monoisotopic (exact) mass is 262 g/mol. The molecule has 102 valence electrons. The lowest BCUT2D eigenvalue weighted by molar-refractivity contribution is 0.169. The Kier molecular flexibility index (Phi) is 3.40. The minimum atomic E-state index is -0.337. The van der Waals surface area contributed by atoms with Gasteiger partial charge in [-0.15, -0.1) is 0 Å². The summed E-state index contributed by atoms with van der Waals surface area (Å²) < 4.78 is 13.8. The van der Waals surface area contributed by atoms with E-state index in [0.717, 1.165) is 24.8 Å². The van der Waals surface area contributed by atoms with Gasteiger partial charge in [-0.05, 0) is 30.9 Å². The molecule has 0 saturated heterocycles. The third-order valence-electron chi connectivity index (χ3n) is 4.23. The highest BCUT2D eigenvalue weighted by molar-refractivity contribution is 5.91. The number of hydrogen-bond acceptors (Lipinski definition) is 1. The predicted octanol–water partition coefficient (Wildman–Crippen LogP) is 3.55. The molecule has 3 rings (SSSR count). The average molecular weight is 262 g/mol. The molecule has 4 heteroatoms. The molecular formula is C15H19FN2O. The van der Waals surface area contributed by atoms with Gasteiger partial charge in [0.05, 0.1) is 5.69 Å². The highest BCUT2D eigenvalue weighted by Crippen LogP contribution is 2.28. The van der Waals surface area contributed by atoms with Crippen molar-refractivity contribution in [1.29, 1.82) is 0 Å². The minimum absolute atomic E-state index is 0.143. The molecule has 1 heterocycles. The molecule has 1 saturated carbocycles. The molecule has 0 radical (unpaired) electrons. The number of rotatable bonds is 1. The van der Waals surface area contributed by atoms with Crippen molar-refractivity contribution in [2.24, 2.45) is 0 Å². The van der Waals surface area contributed by atoms with Crippen LogP contribution in [0.25, 0.3) is 0 Å². The van der Waals surface area contributed by atoms with E-state index in [2.05, 4.69) is 5.32 Å². The number of nitrogens with one attached hydrogen (secondary N) is 1. The molecule has 0 spiro atoms. The van der Waals surface area contributed by atoms with Gasteiger partial charge >= 0.3 is 6.03 Å². The number of urea groups is 1. The summed E-state index contributed by atoms with van der Waals surface area (Å²) in [4.78, 5) is 14.2. The van der Waals surface area contributed by atoms with Crippen LogP contribution in [-0.4, -0.2) is 23.5 Å². The van der Waals surface area contributed by atoms with E-state index in [4.69, 9.17) is 0 Å². The number of halogens is 1. The van der Waals surface area contributed by atoms with E-state index in [1.807, 2.05) is 11.0 Å². The number of hydrogen-bond donors (Lipinski definition) is 1. The van der Waals surface area contributed by atoms with Crippen molar-refractivity contribution in [1.82, 2.24) is 4.90 Å². The van der Waals surface area contributed by atoms with E-state index in [0.29, 0.717) is 18.3 Å². The zero-order valence-electron chi connectivity index (χ0n) is 11.0. The van der Waals surface area contributed by atoms with Crippen LogP contribution in [-0.2, 0) is 6.42 Å². The second kappa shape index (κ2) is 5.19. The average Bonchev–Trinajstić information content (AvgIpc) is 2.60.